The van der Waals surface area contributed by atoms with E-state index < -0.39 is 0 Å². The molecule has 0 atom stereocenters. The first-order valence-electron chi connectivity index (χ1n) is 8.46. The maximum atomic E-state index is 8.93. The molecule has 0 radical (unpaired) electrons. The van der Waals surface area contributed by atoms with E-state index in [4.69, 9.17) is 21.6 Å². The van der Waals surface area contributed by atoms with Crippen molar-refractivity contribution in [2.45, 2.75) is 13.8 Å². The van der Waals surface area contributed by atoms with Crippen LogP contribution in [0.25, 0.3) is 5.78 Å². The number of aryl methyl sites for hydroxylation is 2. The lowest BCUT2D eigenvalue weighted by Gasteiger charge is -2.14. The van der Waals surface area contributed by atoms with Crippen molar-refractivity contribution in [3.05, 3.63) is 70.5 Å². The van der Waals surface area contributed by atoms with Gasteiger partial charge in [-0.2, -0.15) is 24.8 Å². The van der Waals surface area contributed by atoms with E-state index in [1.165, 1.54) is 10.8 Å². The lowest BCUT2D eigenvalue weighted by atomic mass is 10.1. The molecule has 0 fully saturated rings. The van der Waals surface area contributed by atoms with Crippen molar-refractivity contribution in [2.75, 3.05) is 5.32 Å². The fourth-order valence-electron chi connectivity index (χ4n) is 2.86. The van der Waals surface area contributed by atoms with Crippen molar-refractivity contribution in [3.63, 3.8) is 0 Å². The Labute approximate surface area is 166 Å². The summed E-state index contributed by atoms with van der Waals surface area (Å²) in [6, 6.07) is 14.6. The van der Waals surface area contributed by atoms with Crippen molar-refractivity contribution < 1.29 is 4.74 Å². The maximum absolute atomic E-state index is 8.93. The number of aromatic nitrogens is 4. The number of hydrogen-bond acceptors (Lipinski definition) is 6. The molecule has 4 aromatic rings. The minimum Gasteiger partial charge on any atom is -0.438 e. The average molecular weight is 391 g/mol. The van der Waals surface area contributed by atoms with Crippen LogP contribution in [0.15, 0.2) is 48.8 Å². The van der Waals surface area contributed by atoms with Crippen LogP contribution in [0, 0.1) is 25.2 Å². The Morgan fingerprint density at radius 2 is 1.82 bits per heavy atom. The molecule has 0 spiro atoms. The van der Waals surface area contributed by atoms with Crippen LogP contribution in [0.4, 0.5) is 11.5 Å². The fraction of sp³-hybridized carbons (Fsp3) is 0.100. The number of benzene rings is 2. The summed E-state index contributed by atoms with van der Waals surface area (Å²) in [6.07, 6.45) is 1.42. The number of rotatable bonds is 4. The summed E-state index contributed by atoms with van der Waals surface area (Å²) in [5.74, 6) is 2.12. The van der Waals surface area contributed by atoms with Crippen LogP contribution in [-0.4, -0.2) is 19.6 Å². The van der Waals surface area contributed by atoms with Crippen molar-refractivity contribution in [1.29, 1.82) is 5.26 Å². The molecule has 0 saturated heterocycles. The molecule has 138 valence electrons. The molecule has 0 aliphatic heterocycles. The van der Waals surface area contributed by atoms with Gasteiger partial charge in [-0.25, -0.2) is 0 Å². The Balaban J connectivity index is 1.72. The summed E-state index contributed by atoms with van der Waals surface area (Å²) in [5.41, 5.74) is 3.21. The first-order chi connectivity index (χ1) is 13.5. The Bertz CT molecular complexity index is 1190. The maximum Gasteiger partial charge on any atom is 0.257 e. The Morgan fingerprint density at radius 3 is 2.50 bits per heavy atom. The predicted molar refractivity (Wildman–Crippen MR) is 106 cm³/mol. The van der Waals surface area contributed by atoms with Gasteiger partial charge in [0.1, 0.15) is 17.9 Å². The topological polar surface area (TPSA) is 88.1 Å². The van der Waals surface area contributed by atoms with Crippen LogP contribution in [0.1, 0.15) is 16.7 Å². The third-order valence-electron chi connectivity index (χ3n) is 4.14. The Hall–Kier alpha value is -3.63. The molecule has 0 unspecified atom stereocenters. The third kappa shape index (κ3) is 3.46. The van der Waals surface area contributed by atoms with Gasteiger partial charge >= 0.3 is 0 Å². The summed E-state index contributed by atoms with van der Waals surface area (Å²) in [5, 5.41) is 17.0. The molecule has 28 heavy (non-hydrogen) atoms. The second kappa shape index (κ2) is 7.18. The largest absolute Gasteiger partial charge is 0.438 e. The van der Waals surface area contributed by atoms with Gasteiger partial charge in [-0.3, -0.25) is 0 Å². The summed E-state index contributed by atoms with van der Waals surface area (Å²) >= 11 is 6.12. The molecule has 0 bridgehead atoms. The van der Waals surface area contributed by atoms with Gasteiger partial charge in [0.05, 0.1) is 11.6 Å². The normalized spacial score (nSPS) is 10.6. The molecule has 7 nitrogen and oxygen atoms in total. The van der Waals surface area contributed by atoms with Gasteiger partial charge in [-0.05, 0) is 61.4 Å². The minimum absolute atomic E-state index is 0.401. The summed E-state index contributed by atoms with van der Waals surface area (Å²) < 4.78 is 7.69. The van der Waals surface area contributed by atoms with Crippen LogP contribution < -0.4 is 10.1 Å². The van der Waals surface area contributed by atoms with E-state index >= 15 is 0 Å². The molecule has 0 aliphatic rings. The zero-order valence-electron chi connectivity index (χ0n) is 15.1. The molecule has 4 rings (SSSR count). The van der Waals surface area contributed by atoms with Gasteiger partial charge in [-0.1, -0.05) is 11.6 Å². The number of nitrogens with zero attached hydrogens (tertiary/aromatic N) is 5. The number of anilines is 2. The molecule has 2 aromatic heterocycles. The van der Waals surface area contributed by atoms with Crippen molar-refractivity contribution >= 4 is 28.9 Å². The van der Waals surface area contributed by atoms with Gasteiger partial charge < -0.3 is 10.1 Å². The molecular weight excluding hydrogens is 376 g/mol. The van der Waals surface area contributed by atoms with Gasteiger partial charge in [-0.15, -0.1) is 0 Å². The molecule has 8 heteroatoms. The number of hydrogen-bond donors (Lipinski definition) is 1. The zero-order valence-corrected chi connectivity index (χ0v) is 15.9. The van der Waals surface area contributed by atoms with E-state index in [1.807, 2.05) is 38.1 Å². The van der Waals surface area contributed by atoms with Crippen LogP contribution in [0.5, 0.6) is 11.6 Å². The fourth-order valence-corrected chi connectivity index (χ4v) is 3.19. The molecule has 0 saturated carbocycles. The second-order valence-electron chi connectivity index (χ2n) is 6.24. The standard InChI is InChI=1S/C20H15ClN6O/c1-12-7-15(21)8-13(2)19(12)28-18-9-17(26-20-23-11-24-27(18)20)25-16-5-3-14(10-22)4-6-16/h3-9,11H,1-2H3,(H,23,24,25,26). The summed E-state index contributed by atoms with van der Waals surface area (Å²) in [7, 11) is 0. The van der Waals surface area contributed by atoms with Gasteiger partial charge in [0.15, 0.2) is 0 Å². The number of ether oxygens (including phenoxy) is 1. The Morgan fingerprint density at radius 1 is 1.11 bits per heavy atom. The number of nitrogens with one attached hydrogen (secondary N) is 1. The SMILES string of the molecule is Cc1cc(Cl)cc(C)c1Oc1cc(Nc2ccc(C#N)cc2)nc2ncnn12. The first kappa shape index (κ1) is 17.8. The van der Waals surface area contributed by atoms with Crippen LogP contribution in [-0.2, 0) is 0 Å². The van der Waals surface area contributed by atoms with Crippen LogP contribution >= 0.6 is 11.6 Å². The van der Waals surface area contributed by atoms with Crippen molar-refractivity contribution in [2.24, 2.45) is 0 Å². The highest BCUT2D eigenvalue weighted by molar-refractivity contribution is 6.30. The van der Waals surface area contributed by atoms with Crippen LogP contribution in [0.2, 0.25) is 5.02 Å². The van der Waals surface area contributed by atoms with Gasteiger partial charge in [0.2, 0.25) is 5.88 Å². The van der Waals surface area contributed by atoms with E-state index in [2.05, 4.69) is 26.5 Å². The van der Waals surface area contributed by atoms with Gasteiger partial charge in [0.25, 0.3) is 5.78 Å². The molecular formula is C20H15ClN6O. The molecule has 2 heterocycles. The molecule has 2 aromatic carbocycles. The lowest BCUT2D eigenvalue weighted by Crippen LogP contribution is -2.03. The lowest BCUT2D eigenvalue weighted by molar-refractivity contribution is 0.440. The van der Waals surface area contributed by atoms with E-state index in [-0.39, 0.29) is 0 Å². The average Bonchev–Trinajstić information content (AvgIpc) is 3.14. The van der Waals surface area contributed by atoms with Crippen molar-refractivity contribution in [3.8, 4) is 17.7 Å². The van der Waals surface area contributed by atoms with E-state index in [0.717, 1.165) is 16.8 Å². The van der Waals surface area contributed by atoms with Crippen molar-refractivity contribution in [1.82, 2.24) is 19.6 Å². The monoisotopic (exact) mass is 390 g/mol. The minimum atomic E-state index is 0.401. The first-order valence-corrected chi connectivity index (χ1v) is 8.84. The van der Waals surface area contributed by atoms with Crippen LogP contribution in [0.3, 0.4) is 0 Å². The summed E-state index contributed by atoms with van der Waals surface area (Å²) in [6.45, 7) is 3.87. The highest BCUT2D eigenvalue weighted by Gasteiger charge is 2.13. The Kier molecular flexibility index (Phi) is 4.55. The van der Waals surface area contributed by atoms with E-state index in [1.54, 1.807) is 18.2 Å². The highest BCUT2D eigenvalue weighted by Crippen LogP contribution is 2.32. The molecule has 1 N–H and O–H groups in total. The van der Waals surface area contributed by atoms with E-state index in [9.17, 15) is 0 Å². The summed E-state index contributed by atoms with van der Waals surface area (Å²) in [4.78, 5) is 8.61. The number of halogens is 1. The third-order valence-corrected chi connectivity index (χ3v) is 4.36. The van der Waals surface area contributed by atoms with E-state index in [0.29, 0.717) is 33.8 Å². The molecule has 0 aliphatic carbocycles. The smallest absolute Gasteiger partial charge is 0.257 e. The zero-order chi connectivity index (χ0) is 19.7. The number of nitriles is 1. The van der Waals surface area contributed by atoms with Gasteiger partial charge in [0, 0.05) is 16.8 Å². The highest BCUT2D eigenvalue weighted by atomic mass is 35.5. The second-order valence-corrected chi connectivity index (χ2v) is 6.67. The number of fused-ring (bicyclic) bond motifs is 1. The predicted octanol–water partition coefficient (Wildman–Crippen LogP) is 4.80. The molecule has 0 amide bonds. The quantitative estimate of drug-likeness (QED) is 0.538.